The van der Waals surface area contributed by atoms with Crippen LogP contribution in [0.4, 0.5) is 0 Å². The quantitative estimate of drug-likeness (QED) is 0.797. The SMILES string of the molecule is CCCNC(Cc1nc2ccccc2n1C)C(C)CCC. The summed E-state index contributed by atoms with van der Waals surface area (Å²) < 4.78 is 2.24. The van der Waals surface area contributed by atoms with Gasteiger partial charge in [-0.05, 0) is 37.4 Å². The summed E-state index contributed by atoms with van der Waals surface area (Å²) in [5.74, 6) is 1.87. The highest BCUT2D eigenvalue weighted by atomic mass is 15.1. The molecule has 2 aromatic rings. The summed E-state index contributed by atoms with van der Waals surface area (Å²) in [7, 11) is 2.13. The van der Waals surface area contributed by atoms with Gasteiger partial charge in [0.15, 0.2) is 0 Å². The number of nitrogens with one attached hydrogen (secondary N) is 1. The van der Waals surface area contributed by atoms with Crippen LogP contribution >= 0.6 is 0 Å². The van der Waals surface area contributed by atoms with Gasteiger partial charge in [-0.2, -0.15) is 0 Å². The number of rotatable bonds is 8. The predicted octanol–water partition coefficient (Wildman–Crippen LogP) is 3.92. The Morgan fingerprint density at radius 1 is 1.19 bits per heavy atom. The van der Waals surface area contributed by atoms with E-state index in [2.05, 4.69) is 62.0 Å². The van der Waals surface area contributed by atoms with Crippen LogP contribution < -0.4 is 5.32 Å². The number of aromatic nitrogens is 2. The van der Waals surface area contributed by atoms with Gasteiger partial charge in [-0.15, -0.1) is 0 Å². The van der Waals surface area contributed by atoms with E-state index in [0.717, 1.165) is 18.5 Å². The molecule has 3 nitrogen and oxygen atoms in total. The number of fused-ring (bicyclic) bond motifs is 1. The van der Waals surface area contributed by atoms with Gasteiger partial charge >= 0.3 is 0 Å². The Balaban J connectivity index is 2.18. The van der Waals surface area contributed by atoms with Crippen LogP contribution in [0.1, 0.15) is 45.9 Å². The average Bonchev–Trinajstić information content (AvgIpc) is 2.80. The lowest BCUT2D eigenvalue weighted by Crippen LogP contribution is -2.38. The third-order valence-electron chi connectivity index (χ3n) is 4.37. The molecule has 1 aromatic heterocycles. The van der Waals surface area contributed by atoms with E-state index in [-0.39, 0.29) is 0 Å². The van der Waals surface area contributed by atoms with Gasteiger partial charge in [-0.25, -0.2) is 4.98 Å². The highest BCUT2D eigenvalue weighted by Crippen LogP contribution is 2.19. The van der Waals surface area contributed by atoms with E-state index in [9.17, 15) is 0 Å². The summed E-state index contributed by atoms with van der Waals surface area (Å²) >= 11 is 0. The van der Waals surface area contributed by atoms with E-state index < -0.39 is 0 Å². The first-order valence-corrected chi connectivity index (χ1v) is 8.31. The van der Waals surface area contributed by atoms with Crippen molar-refractivity contribution in [3.63, 3.8) is 0 Å². The summed E-state index contributed by atoms with van der Waals surface area (Å²) in [6.07, 6.45) is 4.70. The van der Waals surface area contributed by atoms with Crippen LogP contribution in [-0.2, 0) is 13.5 Å². The van der Waals surface area contributed by atoms with Gasteiger partial charge in [-0.1, -0.05) is 39.3 Å². The molecule has 0 saturated carbocycles. The Hall–Kier alpha value is -1.35. The van der Waals surface area contributed by atoms with Crippen LogP contribution in [0.5, 0.6) is 0 Å². The van der Waals surface area contributed by atoms with E-state index in [1.807, 2.05) is 0 Å². The Bertz CT molecular complexity index is 559. The number of nitrogens with zero attached hydrogens (tertiary/aromatic N) is 2. The van der Waals surface area contributed by atoms with Crippen LogP contribution in [0.3, 0.4) is 0 Å². The average molecular weight is 287 g/mol. The molecule has 0 bridgehead atoms. The highest BCUT2D eigenvalue weighted by molar-refractivity contribution is 5.75. The summed E-state index contributed by atoms with van der Waals surface area (Å²) in [4.78, 5) is 4.83. The van der Waals surface area contributed by atoms with Crippen molar-refractivity contribution in [3.8, 4) is 0 Å². The molecule has 21 heavy (non-hydrogen) atoms. The van der Waals surface area contributed by atoms with Crippen LogP contribution in [0.2, 0.25) is 0 Å². The van der Waals surface area contributed by atoms with E-state index in [4.69, 9.17) is 4.98 Å². The molecule has 2 rings (SSSR count). The van der Waals surface area contributed by atoms with E-state index >= 15 is 0 Å². The molecule has 0 aliphatic heterocycles. The Morgan fingerprint density at radius 3 is 2.62 bits per heavy atom. The maximum Gasteiger partial charge on any atom is 0.111 e. The summed E-state index contributed by atoms with van der Waals surface area (Å²) in [6, 6.07) is 8.91. The van der Waals surface area contributed by atoms with Crippen LogP contribution in [0.25, 0.3) is 11.0 Å². The number of para-hydroxylation sites is 2. The Labute approximate surface area is 128 Å². The van der Waals surface area contributed by atoms with Gasteiger partial charge in [0.05, 0.1) is 11.0 Å². The van der Waals surface area contributed by atoms with Gasteiger partial charge < -0.3 is 9.88 Å². The first-order valence-electron chi connectivity index (χ1n) is 8.31. The maximum atomic E-state index is 4.83. The van der Waals surface area contributed by atoms with Gasteiger partial charge in [0.25, 0.3) is 0 Å². The van der Waals surface area contributed by atoms with E-state index in [0.29, 0.717) is 12.0 Å². The molecule has 0 aliphatic rings. The topological polar surface area (TPSA) is 29.9 Å². The normalized spacial score (nSPS) is 14.5. The lowest BCUT2D eigenvalue weighted by atomic mass is 9.94. The number of imidazole rings is 1. The highest BCUT2D eigenvalue weighted by Gasteiger charge is 2.19. The first kappa shape index (κ1) is 16.0. The second kappa shape index (κ2) is 7.60. The van der Waals surface area contributed by atoms with Crippen molar-refractivity contribution in [2.24, 2.45) is 13.0 Å². The molecule has 0 amide bonds. The molecule has 116 valence electrons. The van der Waals surface area contributed by atoms with Crippen molar-refractivity contribution in [2.75, 3.05) is 6.54 Å². The van der Waals surface area contributed by atoms with Crippen molar-refractivity contribution in [3.05, 3.63) is 30.1 Å². The molecule has 2 atom stereocenters. The lowest BCUT2D eigenvalue weighted by molar-refractivity contribution is 0.346. The number of hydrogen-bond acceptors (Lipinski definition) is 2. The van der Waals surface area contributed by atoms with E-state index in [1.165, 1.54) is 30.6 Å². The lowest BCUT2D eigenvalue weighted by Gasteiger charge is -2.24. The molecule has 1 heterocycles. The standard InChI is InChI=1S/C18H29N3/c1-5-9-14(3)16(19-12-6-2)13-18-20-15-10-7-8-11-17(15)21(18)4/h7-8,10-11,14,16,19H,5-6,9,12-13H2,1-4H3. The zero-order valence-corrected chi connectivity index (χ0v) is 13.9. The van der Waals surface area contributed by atoms with Gasteiger partial charge in [0.1, 0.15) is 5.82 Å². The second-order valence-corrected chi connectivity index (χ2v) is 6.11. The summed E-state index contributed by atoms with van der Waals surface area (Å²) in [6.45, 7) is 7.94. The minimum atomic E-state index is 0.514. The Morgan fingerprint density at radius 2 is 1.95 bits per heavy atom. The molecule has 0 fully saturated rings. The molecular weight excluding hydrogens is 258 g/mol. The van der Waals surface area contributed by atoms with Crippen LogP contribution in [0.15, 0.2) is 24.3 Å². The third-order valence-corrected chi connectivity index (χ3v) is 4.37. The smallest absolute Gasteiger partial charge is 0.111 e. The maximum absolute atomic E-state index is 4.83. The zero-order chi connectivity index (χ0) is 15.2. The molecule has 0 saturated heterocycles. The fourth-order valence-electron chi connectivity index (χ4n) is 3.04. The summed E-state index contributed by atoms with van der Waals surface area (Å²) in [5.41, 5.74) is 2.33. The van der Waals surface area contributed by atoms with Crippen LogP contribution in [-0.4, -0.2) is 22.1 Å². The van der Waals surface area contributed by atoms with Crippen molar-refractivity contribution in [1.82, 2.24) is 14.9 Å². The van der Waals surface area contributed by atoms with Crippen LogP contribution in [0, 0.1) is 5.92 Å². The minimum Gasteiger partial charge on any atom is -0.331 e. The monoisotopic (exact) mass is 287 g/mol. The van der Waals surface area contributed by atoms with E-state index in [1.54, 1.807) is 0 Å². The first-order chi connectivity index (χ1) is 10.2. The van der Waals surface area contributed by atoms with Gasteiger partial charge in [0.2, 0.25) is 0 Å². The molecule has 0 spiro atoms. The fourth-order valence-corrected chi connectivity index (χ4v) is 3.04. The minimum absolute atomic E-state index is 0.514. The number of aryl methyl sites for hydroxylation is 1. The fraction of sp³-hybridized carbons (Fsp3) is 0.611. The van der Waals surface area contributed by atoms with Crippen molar-refractivity contribution in [1.29, 1.82) is 0 Å². The molecule has 0 radical (unpaired) electrons. The molecule has 1 aromatic carbocycles. The van der Waals surface area contributed by atoms with Gasteiger partial charge in [0, 0.05) is 19.5 Å². The largest absolute Gasteiger partial charge is 0.331 e. The second-order valence-electron chi connectivity index (χ2n) is 6.11. The van der Waals surface area contributed by atoms with Gasteiger partial charge in [-0.3, -0.25) is 0 Å². The van der Waals surface area contributed by atoms with Crippen molar-refractivity contribution in [2.45, 2.75) is 52.5 Å². The molecule has 0 aliphatic carbocycles. The zero-order valence-electron chi connectivity index (χ0n) is 13.9. The molecule has 3 heteroatoms. The summed E-state index contributed by atoms with van der Waals surface area (Å²) in [5, 5.41) is 3.72. The molecular formula is C18H29N3. The molecule has 2 unspecified atom stereocenters. The Kier molecular flexibility index (Phi) is 5.80. The van der Waals surface area contributed by atoms with Crippen molar-refractivity contribution >= 4 is 11.0 Å². The van der Waals surface area contributed by atoms with Crippen molar-refractivity contribution < 1.29 is 0 Å². The number of hydrogen-bond donors (Lipinski definition) is 1. The number of benzene rings is 1. The molecule has 1 N–H and O–H groups in total. The third kappa shape index (κ3) is 3.85. The predicted molar refractivity (Wildman–Crippen MR) is 90.6 cm³/mol.